The minimum Gasteiger partial charge on any atom is -0.368 e. The maximum Gasteiger partial charge on any atom is 0.222 e. The van der Waals surface area contributed by atoms with Crippen LogP contribution in [0.3, 0.4) is 0 Å². The summed E-state index contributed by atoms with van der Waals surface area (Å²) in [6.45, 7) is 2.17. The van der Waals surface area contributed by atoms with E-state index in [0.717, 1.165) is 24.3 Å². The number of piperidine rings is 1. The van der Waals surface area contributed by atoms with Crippen LogP contribution in [0.4, 0.5) is 5.88 Å². The van der Waals surface area contributed by atoms with Gasteiger partial charge >= 0.3 is 0 Å². The maximum atomic E-state index is 5.61. The van der Waals surface area contributed by atoms with Gasteiger partial charge < -0.3 is 15.6 Å². The summed E-state index contributed by atoms with van der Waals surface area (Å²) in [4.78, 5) is 0. The lowest BCUT2D eigenvalue weighted by molar-refractivity contribution is 0.438. The van der Waals surface area contributed by atoms with Crippen molar-refractivity contribution in [3.05, 3.63) is 35.9 Å². The van der Waals surface area contributed by atoms with E-state index in [1.165, 1.54) is 18.4 Å². The van der Waals surface area contributed by atoms with Gasteiger partial charge in [-0.15, -0.1) is 0 Å². The van der Waals surface area contributed by atoms with Crippen molar-refractivity contribution in [3.8, 4) is 11.3 Å². The van der Waals surface area contributed by atoms with Gasteiger partial charge in [0.25, 0.3) is 0 Å². The van der Waals surface area contributed by atoms with Crippen LogP contribution in [0.15, 0.2) is 34.9 Å². The van der Waals surface area contributed by atoms with Crippen molar-refractivity contribution in [2.24, 2.45) is 0 Å². The second-order valence-corrected chi connectivity index (χ2v) is 4.73. The molecule has 2 heterocycles. The lowest BCUT2D eigenvalue weighted by Gasteiger charge is -2.24. The third-order valence-electron chi connectivity index (χ3n) is 3.54. The average molecular weight is 243 g/mol. The van der Waals surface area contributed by atoms with E-state index in [-0.39, 0.29) is 0 Å². The van der Waals surface area contributed by atoms with Crippen molar-refractivity contribution < 1.29 is 4.52 Å². The fourth-order valence-electron chi connectivity index (χ4n) is 2.64. The molecule has 1 aliphatic rings. The lowest BCUT2D eigenvalue weighted by Crippen LogP contribution is -2.26. The van der Waals surface area contributed by atoms with Crippen molar-refractivity contribution in [1.29, 1.82) is 0 Å². The van der Waals surface area contributed by atoms with Crippen molar-refractivity contribution >= 4 is 5.88 Å². The van der Waals surface area contributed by atoms with Crippen LogP contribution >= 0.6 is 0 Å². The Hall–Kier alpha value is -1.81. The van der Waals surface area contributed by atoms with Gasteiger partial charge in [-0.25, -0.2) is 0 Å². The minimum atomic E-state index is 0.366. The average Bonchev–Trinajstić information content (AvgIpc) is 2.86. The first-order chi connectivity index (χ1) is 8.84. The molecule has 0 saturated carbocycles. The zero-order valence-electron chi connectivity index (χ0n) is 10.2. The zero-order valence-corrected chi connectivity index (χ0v) is 10.2. The third kappa shape index (κ3) is 2.11. The van der Waals surface area contributed by atoms with Crippen LogP contribution in [0.1, 0.15) is 24.3 Å². The molecule has 0 unspecified atom stereocenters. The predicted molar refractivity (Wildman–Crippen MR) is 71.2 cm³/mol. The number of nitrogens with two attached hydrogens (primary N) is 1. The third-order valence-corrected chi connectivity index (χ3v) is 3.54. The van der Waals surface area contributed by atoms with Crippen LogP contribution in [0.5, 0.6) is 0 Å². The lowest BCUT2D eigenvalue weighted by atomic mass is 9.86. The molecular weight excluding hydrogens is 226 g/mol. The second kappa shape index (κ2) is 4.82. The molecule has 3 rings (SSSR count). The summed E-state index contributed by atoms with van der Waals surface area (Å²) < 4.78 is 4.98. The van der Waals surface area contributed by atoms with Crippen LogP contribution in [0.25, 0.3) is 11.3 Å². The SMILES string of the molecule is Nc1cc(-c2ccccc2C2CCNCC2)no1. The summed E-state index contributed by atoms with van der Waals surface area (Å²) in [5.74, 6) is 0.963. The molecule has 3 N–H and O–H groups in total. The number of nitrogen functional groups attached to an aromatic ring is 1. The Labute approximate surface area is 106 Å². The van der Waals surface area contributed by atoms with E-state index >= 15 is 0 Å². The van der Waals surface area contributed by atoms with Gasteiger partial charge in [0, 0.05) is 11.6 Å². The van der Waals surface area contributed by atoms with Crippen LogP contribution < -0.4 is 11.1 Å². The van der Waals surface area contributed by atoms with E-state index in [0.29, 0.717) is 11.8 Å². The highest BCUT2D eigenvalue weighted by molar-refractivity contribution is 5.66. The number of nitrogens with one attached hydrogen (secondary N) is 1. The normalized spacial score (nSPS) is 16.9. The number of rotatable bonds is 2. The summed E-state index contributed by atoms with van der Waals surface area (Å²) >= 11 is 0. The van der Waals surface area contributed by atoms with E-state index in [1.54, 1.807) is 6.07 Å². The Balaban J connectivity index is 1.99. The molecule has 4 nitrogen and oxygen atoms in total. The zero-order chi connectivity index (χ0) is 12.4. The van der Waals surface area contributed by atoms with Gasteiger partial charge in [-0.3, -0.25) is 0 Å². The van der Waals surface area contributed by atoms with Crippen LogP contribution in [0, 0.1) is 0 Å². The highest BCUT2D eigenvalue weighted by atomic mass is 16.5. The fourth-order valence-corrected chi connectivity index (χ4v) is 2.64. The summed E-state index contributed by atoms with van der Waals surface area (Å²) in [7, 11) is 0. The van der Waals surface area contributed by atoms with Gasteiger partial charge in [-0.2, -0.15) is 0 Å². The first kappa shape index (κ1) is 11.3. The quantitative estimate of drug-likeness (QED) is 0.850. The van der Waals surface area contributed by atoms with Crippen LogP contribution in [0.2, 0.25) is 0 Å². The van der Waals surface area contributed by atoms with E-state index in [1.807, 2.05) is 6.07 Å². The van der Waals surface area contributed by atoms with E-state index < -0.39 is 0 Å². The molecule has 1 aromatic heterocycles. The Morgan fingerprint density at radius 3 is 2.72 bits per heavy atom. The molecule has 1 aromatic carbocycles. The largest absolute Gasteiger partial charge is 0.368 e. The van der Waals surface area contributed by atoms with Gasteiger partial charge in [-0.05, 0) is 37.4 Å². The molecule has 1 aliphatic heterocycles. The number of hydrogen-bond donors (Lipinski definition) is 2. The molecule has 0 radical (unpaired) electrons. The fraction of sp³-hybridized carbons (Fsp3) is 0.357. The highest BCUT2D eigenvalue weighted by Gasteiger charge is 2.19. The van der Waals surface area contributed by atoms with Gasteiger partial charge in [0.05, 0.1) is 0 Å². The summed E-state index contributed by atoms with van der Waals surface area (Å²) in [5, 5.41) is 7.42. The minimum absolute atomic E-state index is 0.366. The van der Waals surface area contributed by atoms with Crippen LogP contribution in [-0.4, -0.2) is 18.2 Å². The van der Waals surface area contributed by atoms with Crippen molar-refractivity contribution in [1.82, 2.24) is 10.5 Å². The van der Waals surface area contributed by atoms with E-state index in [2.05, 4.69) is 28.7 Å². The van der Waals surface area contributed by atoms with Crippen molar-refractivity contribution in [2.45, 2.75) is 18.8 Å². The molecule has 0 atom stereocenters. The van der Waals surface area contributed by atoms with Gasteiger partial charge in [0.1, 0.15) is 5.69 Å². The summed E-state index contributed by atoms with van der Waals surface area (Å²) in [6.07, 6.45) is 2.34. The molecular formula is C14H17N3O. The van der Waals surface area contributed by atoms with Crippen molar-refractivity contribution in [2.75, 3.05) is 18.8 Å². The smallest absolute Gasteiger partial charge is 0.222 e. The number of anilines is 1. The molecule has 0 bridgehead atoms. The molecule has 2 aromatic rings. The standard InChI is InChI=1S/C14H17N3O/c15-14-9-13(17-18-14)12-4-2-1-3-11(12)10-5-7-16-8-6-10/h1-4,9-10,16H,5-8,15H2. The molecule has 1 saturated heterocycles. The molecule has 0 spiro atoms. The topological polar surface area (TPSA) is 64.1 Å². The van der Waals surface area contributed by atoms with Gasteiger partial charge in [0.2, 0.25) is 5.88 Å². The Morgan fingerprint density at radius 1 is 1.22 bits per heavy atom. The number of hydrogen-bond acceptors (Lipinski definition) is 4. The first-order valence-electron chi connectivity index (χ1n) is 6.37. The molecule has 1 fully saturated rings. The Bertz CT molecular complexity index is 529. The number of aromatic nitrogens is 1. The Kier molecular flexibility index (Phi) is 3.02. The second-order valence-electron chi connectivity index (χ2n) is 4.73. The van der Waals surface area contributed by atoms with Gasteiger partial charge in [0.15, 0.2) is 0 Å². The van der Waals surface area contributed by atoms with E-state index in [9.17, 15) is 0 Å². The monoisotopic (exact) mass is 243 g/mol. The summed E-state index contributed by atoms with van der Waals surface area (Å²) in [6, 6.07) is 10.2. The first-order valence-corrected chi connectivity index (χ1v) is 6.37. The molecule has 4 heteroatoms. The Morgan fingerprint density at radius 2 is 2.00 bits per heavy atom. The van der Waals surface area contributed by atoms with Gasteiger partial charge in [-0.1, -0.05) is 29.4 Å². The predicted octanol–water partition coefficient (Wildman–Crippen LogP) is 2.39. The molecule has 0 aliphatic carbocycles. The number of nitrogens with zero attached hydrogens (tertiary/aromatic N) is 1. The maximum absolute atomic E-state index is 5.61. The molecule has 0 amide bonds. The highest BCUT2D eigenvalue weighted by Crippen LogP contribution is 2.33. The summed E-state index contributed by atoms with van der Waals surface area (Å²) in [5.41, 5.74) is 8.94. The molecule has 18 heavy (non-hydrogen) atoms. The van der Waals surface area contributed by atoms with E-state index in [4.69, 9.17) is 10.3 Å². The van der Waals surface area contributed by atoms with Crippen molar-refractivity contribution in [3.63, 3.8) is 0 Å². The van der Waals surface area contributed by atoms with Crippen LogP contribution in [-0.2, 0) is 0 Å². The molecule has 94 valence electrons. The number of benzene rings is 1.